The summed E-state index contributed by atoms with van der Waals surface area (Å²) in [7, 11) is 1.27. The molecule has 0 radical (unpaired) electrons. The van der Waals surface area contributed by atoms with E-state index in [9.17, 15) is 24.3 Å². The van der Waals surface area contributed by atoms with Crippen molar-refractivity contribution in [3.63, 3.8) is 0 Å². The van der Waals surface area contributed by atoms with Crippen LogP contribution in [-0.2, 0) is 30.6 Å². The van der Waals surface area contributed by atoms with Crippen molar-refractivity contribution in [1.29, 1.82) is 0 Å². The van der Waals surface area contributed by atoms with Gasteiger partial charge in [-0.25, -0.2) is 19.1 Å². The molecule has 0 aromatic carbocycles. The minimum atomic E-state index is -1.24. The molecule has 5 heterocycles. The Morgan fingerprint density at radius 2 is 2.15 bits per heavy atom. The SMILES string of the molecule is CO/N=C(\C(=O)N[C@@H]1C(=O)N2C(C(=O)O)=C(CSc3cccc4n3cc[n+]4CC(=O)O)CS[C@H]12)c1csc(N)n1. The van der Waals surface area contributed by atoms with Gasteiger partial charge in [-0.05, 0) is 17.7 Å². The van der Waals surface area contributed by atoms with Gasteiger partial charge in [0.1, 0.15) is 42.3 Å². The van der Waals surface area contributed by atoms with Crippen LogP contribution in [0, 0.1) is 0 Å². The Kier molecular flexibility index (Phi) is 7.68. The number of thioether (sulfide) groups is 2. The molecule has 17 heteroatoms. The molecule has 208 valence electrons. The molecule has 2 atom stereocenters. The van der Waals surface area contributed by atoms with Crippen molar-refractivity contribution in [2.24, 2.45) is 5.16 Å². The van der Waals surface area contributed by atoms with Crippen molar-refractivity contribution < 1.29 is 38.8 Å². The average Bonchev–Trinajstić information content (AvgIpc) is 3.54. The number of nitrogens with two attached hydrogens (primary N) is 1. The van der Waals surface area contributed by atoms with E-state index in [0.29, 0.717) is 17.0 Å². The zero-order valence-corrected chi connectivity index (χ0v) is 23.2. The van der Waals surface area contributed by atoms with E-state index < -0.39 is 35.2 Å². The Labute approximate surface area is 238 Å². The van der Waals surface area contributed by atoms with Gasteiger partial charge in [0.05, 0.1) is 0 Å². The zero-order valence-electron chi connectivity index (χ0n) is 20.7. The van der Waals surface area contributed by atoms with Gasteiger partial charge in [-0.3, -0.25) is 14.5 Å². The molecule has 3 aromatic heterocycles. The van der Waals surface area contributed by atoms with Crippen molar-refractivity contribution in [2.45, 2.75) is 23.0 Å². The normalized spacial score (nSPS) is 18.9. The number of hydrogen-bond donors (Lipinski definition) is 4. The maximum atomic E-state index is 13.1. The van der Waals surface area contributed by atoms with Gasteiger partial charge < -0.3 is 26.1 Å². The second-order valence-corrected chi connectivity index (χ2v) is 11.5. The second kappa shape index (κ2) is 11.2. The van der Waals surface area contributed by atoms with Crippen molar-refractivity contribution >= 4 is 75.1 Å². The van der Waals surface area contributed by atoms with E-state index in [1.54, 1.807) is 29.1 Å². The third-order valence-corrected chi connectivity index (χ3v) is 9.19. The fourth-order valence-corrected chi connectivity index (χ4v) is 7.40. The van der Waals surface area contributed by atoms with Gasteiger partial charge in [-0.2, -0.15) is 4.40 Å². The van der Waals surface area contributed by atoms with Gasteiger partial charge in [-0.15, -0.1) is 23.1 Å². The number of oxime groups is 1. The lowest BCUT2D eigenvalue weighted by atomic mass is 10.0. The molecule has 0 unspecified atom stereocenters. The number of carbonyl (C=O) groups is 4. The lowest BCUT2D eigenvalue weighted by Gasteiger charge is -2.49. The van der Waals surface area contributed by atoms with Crippen molar-refractivity contribution in [3.8, 4) is 0 Å². The highest BCUT2D eigenvalue weighted by molar-refractivity contribution is 8.01. The molecule has 0 saturated carbocycles. The molecule has 2 aliphatic rings. The Balaban J connectivity index is 1.32. The van der Waals surface area contributed by atoms with Crippen LogP contribution in [0.5, 0.6) is 0 Å². The number of aliphatic carboxylic acids is 2. The summed E-state index contributed by atoms with van der Waals surface area (Å²) in [4.78, 5) is 59.4. The molecule has 2 amide bonds. The molecule has 2 aliphatic heterocycles. The van der Waals surface area contributed by atoms with E-state index >= 15 is 0 Å². The molecule has 1 fully saturated rings. The van der Waals surface area contributed by atoms with Gasteiger partial charge in [0.15, 0.2) is 22.4 Å². The summed E-state index contributed by atoms with van der Waals surface area (Å²) in [6.07, 6.45) is 3.40. The number of nitrogens with zero attached hydrogens (tertiary/aromatic N) is 5. The summed E-state index contributed by atoms with van der Waals surface area (Å²) < 4.78 is 3.41. The van der Waals surface area contributed by atoms with Crippen LogP contribution < -0.4 is 15.6 Å². The number of carboxylic acid groups (broad SMARTS) is 2. The monoisotopic (exact) mass is 604 g/mol. The number of hydrogen-bond acceptors (Lipinski definition) is 11. The summed E-state index contributed by atoms with van der Waals surface area (Å²) >= 11 is 3.83. The first kappa shape index (κ1) is 27.5. The van der Waals surface area contributed by atoms with Crippen molar-refractivity contribution in [3.05, 3.63) is 52.9 Å². The van der Waals surface area contributed by atoms with E-state index in [0.717, 1.165) is 16.4 Å². The Morgan fingerprint density at radius 1 is 1.35 bits per heavy atom. The Morgan fingerprint density at radius 3 is 2.83 bits per heavy atom. The first-order valence-corrected chi connectivity index (χ1v) is 14.5. The molecule has 1 saturated heterocycles. The third-order valence-electron chi connectivity index (χ3n) is 6.06. The summed E-state index contributed by atoms with van der Waals surface area (Å²) in [5.74, 6) is -2.84. The quantitative estimate of drug-likeness (QED) is 0.0814. The maximum Gasteiger partial charge on any atom is 0.352 e. The highest BCUT2D eigenvalue weighted by Crippen LogP contribution is 2.41. The van der Waals surface area contributed by atoms with E-state index in [-0.39, 0.29) is 34.5 Å². The molecule has 14 nitrogen and oxygen atoms in total. The Bertz CT molecular complexity index is 1600. The topological polar surface area (TPSA) is 193 Å². The molecular formula is C23H22N7O7S3+. The van der Waals surface area contributed by atoms with Gasteiger partial charge in [0.2, 0.25) is 0 Å². The highest BCUT2D eigenvalue weighted by Gasteiger charge is 2.54. The molecule has 0 aliphatic carbocycles. The predicted octanol–water partition coefficient (Wildman–Crippen LogP) is 0.232. The molecule has 5 rings (SSSR count). The van der Waals surface area contributed by atoms with Crippen LogP contribution in [0.3, 0.4) is 0 Å². The number of aromatic nitrogens is 3. The number of anilines is 1. The summed E-state index contributed by atoms with van der Waals surface area (Å²) in [5, 5.41) is 27.4. The van der Waals surface area contributed by atoms with Crippen molar-refractivity contribution in [2.75, 3.05) is 24.3 Å². The van der Waals surface area contributed by atoms with Crippen LogP contribution in [0.4, 0.5) is 5.13 Å². The van der Waals surface area contributed by atoms with Gasteiger partial charge in [0.25, 0.3) is 17.5 Å². The molecule has 0 spiro atoms. The maximum absolute atomic E-state index is 13.1. The number of fused-ring (bicyclic) bond motifs is 2. The van der Waals surface area contributed by atoms with Crippen LogP contribution in [0.2, 0.25) is 0 Å². The number of β-lactam (4-membered cyclic amide) rings is 1. The number of nitrogens with one attached hydrogen (secondary N) is 1. The Hall–Kier alpha value is -4.09. The number of carboxylic acids is 2. The molecule has 5 N–H and O–H groups in total. The smallest absolute Gasteiger partial charge is 0.352 e. The first-order valence-electron chi connectivity index (χ1n) is 11.6. The number of carbonyl (C=O) groups excluding carboxylic acids is 2. The first-order chi connectivity index (χ1) is 19.2. The van der Waals surface area contributed by atoms with E-state index in [1.165, 1.54) is 40.9 Å². The lowest BCUT2D eigenvalue weighted by Crippen LogP contribution is -2.71. The van der Waals surface area contributed by atoms with Crippen LogP contribution in [0.1, 0.15) is 5.69 Å². The fourth-order valence-electron chi connectivity index (χ4n) is 4.35. The van der Waals surface area contributed by atoms with Gasteiger partial charge in [0, 0.05) is 23.0 Å². The minimum absolute atomic E-state index is 0.106. The van der Waals surface area contributed by atoms with Crippen LogP contribution in [0.15, 0.2) is 57.4 Å². The highest BCUT2D eigenvalue weighted by atomic mass is 32.2. The van der Waals surface area contributed by atoms with Gasteiger partial charge in [-0.1, -0.05) is 16.9 Å². The molecule has 3 aromatic rings. The molecular weight excluding hydrogens is 582 g/mol. The van der Waals surface area contributed by atoms with E-state index in [2.05, 4.69) is 15.5 Å². The predicted molar refractivity (Wildman–Crippen MR) is 146 cm³/mol. The minimum Gasteiger partial charge on any atom is -0.478 e. The molecule has 0 bridgehead atoms. The summed E-state index contributed by atoms with van der Waals surface area (Å²) in [6.45, 7) is -0.192. The number of amides is 2. The van der Waals surface area contributed by atoms with E-state index in [1.807, 2.05) is 10.5 Å². The van der Waals surface area contributed by atoms with E-state index in [4.69, 9.17) is 15.7 Å². The fraction of sp³-hybridized carbons (Fsp3) is 0.261. The lowest BCUT2D eigenvalue weighted by molar-refractivity contribution is -0.659. The molecule has 40 heavy (non-hydrogen) atoms. The third kappa shape index (κ3) is 5.09. The summed E-state index contributed by atoms with van der Waals surface area (Å²) in [6, 6.07) is 4.46. The second-order valence-electron chi connectivity index (χ2n) is 8.51. The standard InChI is InChI=1S/C23H21N7O7S3/c1-37-27-16(12-10-40-23(24)25-12)19(33)26-17-20(34)30-18(22(35)36)11(9-39-21(17)30)8-38-14-4-2-3-13-28(7-15(31)32)5-6-29(13)14/h2-6,10,17,21H,7-9H2,1H3,(H4-,24,25,26,31,32,33,35,36)/p+1/b27-16-/t17-,21-/m1/s1. The number of imidazole rings is 1. The van der Waals surface area contributed by atoms with Crippen LogP contribution in [0.25, 0.3) is 5.65 Å². The van der Waals surface area contributed by atoms with Crippen LogP contribution >= 0.6 is 34.9 Å². The largest absolute Gasteiger partial charge is 0.478 e. The number of nitrogen functional groups attached to an aromatic ring is 1. The number of pyridine rings is 1. The number of thiazole rings is 1. The number of rotatable bonds is 10. The summed E-state index contributed by atoms with van der Waals surface area (Å²) in [5.41, 5.74) is 6.81. The average molecular weight is 605 g/mol. The zero-order chi connectivity index (χ0) is 28.6. The van der Waals surface area contributed by atoms with Gasteiger partial charge >= 0.3 is 11.9 Å². The van der Waals surface area contributed by atoms with Crippen molar-refractivity contribution in [1.82, 2.24) is 19.6 Å². The van der Waals surface area contributed by atoms with Crippen LogP contribution in [-0.4, -0.2) is 84.0 Å².